The number of likely N-dealkylation sites (N-methyl/N-ethyl adjacent to an activating group) is 2. The molecule has 0 atom stereocenters. The molecule has 0 aliphatic heterocycles. The van der Waals surface area contributed by atoms with Gasteiger partial charge in [0.2, 0.25) is 5.91 Å². The lowest BCUT2D eigenvalue weighted by atomic mass is 9.99. The first-order chi connectivity index (χ1) is 8.95. The maximum atomic E-state index is 11.8. The van der Waals surface area contributed by atoms with Crippen molar-refractivity contribution >= 4 is 5.91 Å². The van der Waals surface area contributed by atoms with Crippen molar-refractivity contribution in [2.75, 3.05) is 26.7 Å². The molecule has 0 saturated heterocycles. The van der Waals surface area contributed by atoms with Crippen LogP contribution in [0.15, 0.2) is 12.1 Å². The van der Waals surface area contributed by atoms with E-state index in [2.05, 4.69) is 38.2 Å². The van der Waals surface area contributed by atoms with Crippen LogP contribution in [0.5, 0.6) is 0 Å². The van der Waals surface area contributed by atoms with E-state index in [9.17, 15) is 4.79 Å². The maximum absolute atomic E-state index is 11.8. The van der Waals surface area contributed by atoms with E-state index in [0.717, 1.165) is 19.5 Å². The van der Waals surface area contributed by atoms with Crippen molar-refractivity contribution in [2.24, 2.45) is 0 Å². The van der Waals surface area contributed by atoms with Gasteiger partial charge in [0.15, 0.2) is 0 Å². The molecule has 1 N–H and O–H groups in total. The molecule has 0 aliphatic rings. The molecule has 19 heavy (non-hydrogen) atoms. The Morgan fingerprint density at radius 2 is 1.79 bits per heavy atom. The lowest BCUT2D eigenvalue weighted by Crippen LogP contribution is -2.36. The fraction of sp³-hybridized carbons (Fsp3) is 0.562. The van der Waals surface area contributed by atoms with Crippen molar-refractivity contribution in [3.05, 3.63) is 34.4 Å². The Hall–Kier alpha value is -1.35. The summed E-state index contributed by atoms with van der Waals surface area (Å²) in [7, 11) is 1.87. The Morgan fingerprint density at radius 3 is 2.42 bits per heavy atom. The van der Waals surface area contributed by atoms with Crippen LogP contribution in [0.1, 0.15) is 29.2 Å². The highest BCUT2D eigenvalue weighted by Gasteiger charge is 2.09. The van der Waals surface area contributed by atoms with E-state index in [4.69, 9.17) is 0 Å². The second-order valence-corrected chi connectivity index (χ2v) is 5.21. The number of carbonyl (C=O) groups excluding carboxylic acids is 1. The van der Waals surface area contributed by atoms with Gasteiger partial charge in [0.1, 0.15) is 0 Å². The number of benzene rings is 1. The van der Waals surface area contributed by atoms with Crippen molar-refractivity contribution in [3.63, 3.8) is 0 Å². The summed E-state index contributed by atoms with van der Waals surface area (Å²) in [6.07, 6.45) is 0.918. The normalized spacial score (nSPS) is 10.6. The molecule has 3 nitrogen and oxygen atoms in total. The molecule has 0 aliphatic carbocycles. The second kappa shape index (κ2) is 7.29. The lowest BCUT2D eigenvalue weighted by Gasteiger charge is -2.18. The van der Waals surface area contributed by atoms with Crippen LogP contribution in [0.2, 0.25) is 0 Å². The first-order valence-electron chi connectivity index (χ1n) is 6.97. The Labute approximate surface area is 117 Å². The van der Waals surface area contributed by atoms with Gasteiger partial charge in [-0.25, -0.2) is 0 Å². The van der Waals surface area contributed by atoms with Gasteiger partial charge in [-0.05, 0) is 56.0 Å². The van der Waals surface area contributed by atoms with Crippen LogP contribution in [-0.4, -0.2) is 37.5 Å². The minimum atomic E-state index is 0.156. The third-order valence-electron chi connectivity index (χ3n) is 3.62. The van der Waals surface area contributed by atoms with Crippen LogP contribution in [0.3, 0.4) is 0 Å². The van der Waals surface area contributed by atoms with Crippen molar-refractivity contribution in [3.8, 4) is 0 Å². The van der Waals surface area contributed by atoms with Gasteiger partial charge in [-0.2, -0.15) is 0 Å². The number of rotatable bonds is 6. The molecule has 0 aromatic heterocycles. The van der Waals surface area contributed by atoms with Gasteiger partial charge in [0, 0.05) is 13.6 Å². The summed E-state index contributed by atoms with van der Waals surface area (Å²) in [5.74, 6) is 0.156. The fourth-order valence-electron chi connectivity index (χ4n) is 2.07. The van der Waals surface area contributed by atoms with Gasteiger partial charge < -0.3 is 10.2 Å². The number of nitrogens with one attached hydrogen (secondary N) is 1. The number of hydrogen-bond acceptors (Lipinski definition) is 2. The predicted octanol–water partition coefficient (Wildman–Crippen LogP) is 2.22. The molecule has 1 amide bonds. The van der Waals surface area contributed by atoms with E-state index >= 15 is 0 Å². The molecule has 0 radical (unpaired) electrons. The van der Waals surface area contributed by atoms with E-state index in [0.29, 0.717) is 6.54 Å². The van der Waals surface area contributed by atoms with E-state index in [1.165, 1.54) is 22.3 Å². The molecule has 0 saturated carbocycles. The summed E-state index contributed by atoms with van der Waals surface area (Å²) < 4.78 is 0. The molecular weight excluding hydrogens is 236 g/mol. The number of aryl methyl sites for hydroxylation is 3. The molecule has 1 aromatic carbocycles. The van der Waals surface area contributed by atoms with E-state index in [1.807, 2.05) is 14.0 Å². The second-order valence-electron chi connectivity index (χ2n) is 5.21. The third-order valence-corrected chi connectivity index (χ3v) is 3.62. The highest BCUT2D eigenvalue weighted by Crippen LogP contribution is 2.16. The van der Waals surface area contributed by atoms with E-state index in [-0.39, 0.29) is 5.91 Å². The molecule has 3 heteroatoms. The SMILES string of the molecule is CCNCC(=O)N(C)CCc1cc(C)c(C)cc1C. The molecular formula is C16H26N2O. The highest BCUT2D eigenvalue weighted by molar-refractivity contribution is 5.77. The fourth-order valence-corrected chi connectivity index (χ4v) is 2.07. The van der Waals surface area contributed by atoms with Crippen molar-refractivity contribution in [1.82, 2.24) is 10.2 Å². The number of amides is 1. The Kier molecular flexibility index (Phi) is 6.03. The quantitative estimate of drug-likeness (QED) is 0.852. The summed E-state index contributed by atoms with van der Waals surface area (Å²) >= 11 is 0. The molecule has 0 spiro atoms. The summed E-state index contributed by atoms with van der Waals surface area (Å²) in [5, 5.41) is 3.06. The monoisotopic (exact) mass is 262 g/mol. The first-order valence-corrected chi connectivity index (χ1v) is 6.97. The molecule has 0 heterocycles. The van der Waals surface area contributed by atoms with E-state index in [1.54, 1.807) is 4.90 Å². The van der Waals surface area contributed by atoms with Crippen LogP contribution < -0.4 is 5.32 Å². The van der Waals surface area contributed by atoms with Crippen LogP contribution in [0.25, 0.3) is 0 Å². The van der Waals surface area contributed by atoms with Crippen LogP contribution >= 0.6 is 0 Å². The van der Waals surface area contributed by atoms with Gasteiger partial charge in [-0.1, -0.05) is 19.1 Å². The summed E-state index contributed by atoms with van der Waals surface area (Å²) in [5.41, 5.74) is 5.31. The zero-order chi connectivity index (χ0) is 14.4. The minimum Gasteiger partial charge on any atom is -0.344 e. The van der Waals surface area contributed by atoms with Gasteiger partial charge in [0.05, 0.1) is 6.54 Å². The maximum Gasteiger partial charge on any atom is 0.236 e. The van der Waals surface area contributed by atoms with E-state index < -0.39 is 0 Å². The largest absolute Gasteiger partial charge is 0.344 e. The smallest absolute Gasteiger partial charge is 0.236 e. The summed E-state index contributed by atoms with van der Waals surface area (Å²) in [6.45, 7) is 10.5. The zero-order valence-electron chi connectivity index (χ0n) is 12.8. The number of nitrogens with zero attached hydrogens (tertiary/aromatic N) is 1. The third kappa shape index (κ3) is 4.67. The Morgan fingerprint density at radius 1 is 1.16 bits per heavy atom. The van der Waals surface area contributed by atoms with Crippen molar-refractivity contribution in [2.45, 2.75) is 34.1 Å². The van der Waals surface area contributed by atoms with Gasteiger partial charge in [0.25, 0.3) is 0 Å². The standard InChI is InChI=1S/C16H26N2O/c1-6-17-11-16(19)18(5)8-7-15-10-13(3)12(2)9-14(15)4/h9-10,17H,6-8,11H2,1-5H3. The van der Waals surface area contributed by atoms with Crippen LogP contribution in [0.4, 0.5) is 0 Å². The topological polar surface area (TPSA) is 32.3 Å². The van der Waals surface area contributed by atoms with Crippen molar-refractivity contribution < 1.29 is 4.79 Å². The average molecular weight is 262 g/mol. The predicted molar refractivity (Wildman–Crippen MR) is 80.5 cm³/mol. The molecule has 0 unspecified atom stereocenters. The van der Waals surface area contributed by atoms with Crippen LogP contribution in [-0.2, 0) is 11.2 Å². The van der Waals surface area contributed by atoms with Gasteiger partial charge >= 0.3 is 0 Å². The molecule has 0 bridgehead atoms. The first kappa shape index (κ1) is 15.7. The molecule has 106 valence electrons. The van der Waals surface area contributed by atoms with Crippen molar-refractivity contribution in [1.29, 1.82) is 0 Å². The molecule has 1 aromatic rings. The molecule has 0 fully saturated rings. The molecule has 1 rings (SSSR count). The number of hydrogen-bond donors (Lipinski definition) is 1. The average Bonchev–Trinajstić information content (AvgIpc) is 2.38. The summed E-state index contributed by atoms with van der Waals surface area (Å²) in [4.78, 5) is 13.6. The summed E-state index contributed by atoms with van der Waals surface area (Å²) in [6, 6.07) is 4.47. The minimum absolute atomic E-state index is 0.156. The highest BCUT2D eigenvalue weighted by atomic mass is 16.2. The van der Waals surface area contributed by atoms with Gasteiger partial charge in [-0.3, -0.25) is 4.79 Å². The Bertz CT molecular complexity index is 441. The van der Waals surface area contributed by atoms with Gasteiger partial charge in [-0.15, -0.1) is 0 Å². The number of carbonyl (C=O) groups is 1. The Balaban J connectivity index is 2.57. The van der Waals surface area contributed by atoms with Crippen LogP contribution in [0, 0.1) is 20.8 Å². The lowest BCUT2D eigenvalue weighted by molar-refractivity contribution is -0.128. The zero-order valence-corrected chi connectivity index (χ0v) is 12.8.